The molecule has 1 saturated carbocycles. The van der Waals surface area contributed by atoms with Crippen molar-refractivity contribution in [3.05, 3.63) is 34.1 Å². The average molecular weight is 356 g/mol. The first kappa shape index (κ1) is 17.0. The van der Waals surface area contributed by atoms with Crippen LogP contribution < -0.4 is 5.32 Å². The van der Waals surface area contributed by atoms with Gasteiger partial charge in [-0.15, -0.1) is 0 Å². The first-order valence-electron chi connectivity index (χ1n) is 8.35. The predicted octanol–water partition coefficient (Wildman–Crippen LogP) is 5.33. The molecule has 0 radical (unpaired) electrons. The van der Waals surface area contributed by atoms with Gasteiger partial charge in [0.1, 0.15) is 5.82 Å². The van der Waals surface area contributed by atoms with E-state index in [-0.39, 0.29) is 5.82 Å². The smallest absolute Gasteiger partial charge is 0.124 e. The van der Waals surface area contributed by atoms with Crippen LogP contribution >= 0.6 is 15.9 Å². The molecule has 0 amide bonds. The summed E-state index contributed by atoms with van der Waals surface area (Å²) < 4.78 is 14.2. The summed E-state index contributed by atoms with van der Waals surface area (Å²) >= 11 is 3.52. The van der Waals surface area contributed by atoms with Crippen LogP contribution in [-0.4, -0.2) is 13.1 Å². The second-order valence-electron chi connectivity index (χ2n) is 6.30. The second-order valence-corrected chi connectivity index (χ2v) is 7.16. The van der Waals surface area contributed by atoms with Gasteiger partial charge in [-0.3, -0.25) is 0 Å². The molecular weight excluding hydrogens is 329 g/mol. The molecule has 1 fully saturated rings. The normalized spacial score (nSPS) is 23.0. The maximum Gasteiger partial charge on any atom is 0.124 e. The highest BCUT2D eigenvalue weighted by Crippen LogP contribution is 2.33. The van der Waals surface area contributed by atoms with E-state index in [4.69, 9.17) is 0 Å². The van der Waals surface area contributed by atoms with Gasteiger partial charge in [0.25, 0.3) is 0 Å². The minimum atomic E-state index is -0.160. The summed E-state index contributed by atoms with van der Waals surface area (Å²) in [5, 5.41) is 3.60. The number of hydrogen-bond acceptors (Lipinski definition) is 1. The Morgan fingerprint density at radius 3 is 2.67 bits per heavy atom. The van der Waals surface area contributed by atoms with Crippen LogP contribution in [0.3, 0.4) is 0 Å². The van der Waals surface area contributed by atoms with Gasteiger partial charge in [-0.1, -0.05) is 48.2 Å². The summed E-state index contributed by atoms with van der Waals surface area (Å²) in [7, 11) is 0. The second kappa shape index (κ2) is 8.89. The lowest BCUT2D eigenvalue weighted by Gasteiger charge is -2.26. The molecule has 1 aromatic carbocycles. The number of benzene rings is 1. The Kier molecular flexibility index (Phi) is 7.18. The van der Waals surface area contributed by atoms with Gasteiger partial charge in [-0.05, 0) is 68.3 Å². The van der Waals surface area contributed by atoms with Gasteiger partial charge < -0.3 is 5.32 Å². The van der Waals surface area contributed by atoms with E-state index in [1.54, 1.807) is 12.1 Å². The van der Waals surface area contributed by atoms with Crippen LogP contribution in [-0.2, 0) is 6.42 Å². The molecule has 1 N–H and O–H groups in total. The van der Waals surface area contributed by atoms with Crippen LogP contribution in [0.1, 0.15) is 51.0 Å². The van der Waals surface area contributed by atoms with E-state index >= 15 is 0 Å². The summed E-state index contributed by atoms with van der Waals surface area (Å²) in [6, 6.07) is 5.12. The molecule has 21 heavy (non-hydrogen) atoms. The third-order valence-electron chi connectivity index (χ3n) is 4.65. The zero-order valence-electron chi connectivity index (χ0n) is 13.0. The molecule has 1 aliphatic carbocycles. The molecule has 1 aliphatic rings. The fourth-order valence-electron chi connectivity index (χ4n) is 3.43. The van der Waals surface area contributed by atoms with Gasteiger partial charge in [0.15, 0.2) is 0 Å². The van der Waals surface area contributed by atoms with Crippen molar-refractivity contribution in [2.75, 3.05) is 13.1 Å². The van der Waals surface area contributed by atoms with Gasteiger partial charge in [-0.25, -0.2) is 4.39 Å². The van der Waals surface area contributed by atoms with Crippen LogP contribution in [0.25, 0.3) is 0 Å². The average Bonchev–Trinajstić information content (AvgIpc) is 2.68. The molecular formula is C18H27BrFN. The molecule has 0 spiro atoms. The minimum absolute atomic E-state index is 0.160. The summed E-state index contributed by atoms with van der Waals surface area (Å²) in [6.45, 7) is 4.47. The Hall–Kier alpha value is -0.410. The highest BCUT2D eigenvalue weighted by Gasteiger charge is 2.24. The quantitative estimate of drug-likeness (QED) is 0.537. The Morgan fingerprint density at radius 2 is 1.95 bits per heavy atom. The van der Waals surface area contributed by atoms with Crippen LogP contribution in [0.2, 0.25) is 0 Å². The fourth-order valence-corrected chi connectivity index (χ4v) is 3.95. The largest absolute Gasteiger partial charge is 0.316 e. The predicted molar refractivity (Wildman–Crippen MR) is 91.0 cm³/mol. The summed E-state index contributed by atoms with van der Waals surface area (Å²) in [5.41, 5.74) is 1.25. The van der Waals surface area contributed by atoms with E-state index < -0.39 is 0 Å². The Balaban J connectivity index is 2.01. The lowest BCUT2D eigenvalue weighted by Crippen LogP contribution is -2.29. The van der Waals surface area contributed by atoms with Crippen LogP contribution in [0.5, 0.6) is 0 Å². The topological polar surface area (TPSA) is 12.0 Å². The summed E-state index contributed by atoms with van der Waals surface area (Å²) in [6.07, 6.45) is 8.97. The van der Waals surface area contributed by atoms with Crippen molar-refractivity contribution in [2.45, 2.75) is 51.9 Å². The van der Waals surface area contributed by atoms with Crippen molar-refractivity contribution in [1.82, 2.24) is 5.32 Å². The van der Waals surface area contributed by atoms with Crippen LogP contribution in [0.15, 0.2) is 22.7 Å². The molecule has 0 aromatic heterocycles. The molecule has 0 bridgehead atoms. The third kappa shape index (κ3) is 5.37. The lowest BCUT2D eigenvalue weighted by atomic mass is 9.83. The molecule has 2 rings (SSSR count). The van der Waals surface area contributed by atoms with Crippen molar-refractivity contribution >= 4 is 15.9 Å². The lowest BCUT2D eigenvalue weighted by molar-refractivity contribution is 0.298. The van der Waals surface area contributed by atoms with E-state index in [9.17, 15) is 4.39 Å². The molecule has 2 unspecified atom stereocenters. The molecule has 0 aliphatic heterocycles. The van der Waals surface area contributed by atoms with Crippen molar-refractivity contribution in [1.29, 1.82) is 0 Å². The van der Waals surface area contributed by atoms with Crippen molar-refractivity contribution in [3.8, 4) is 0 Å². The minimum Gasteiger partial charge on any atom is -0.316 e. The maximum atomic E-state index is 13.2. The van der Waals surface area contributed by atoms with E-state index in [0.717, 1.165) is 35.8 Å². The van der Waals surface area contributed by atoms with Crippen LogP contribution in [0, 0.1) is 17.7 Å². The SMILES string of the molecule is CCCNCC1CCCCCC1Cc1ccc(F)cc1Br. The van der Waals surface area contributed by atoms with Crippen molar-refractivity contribution < 1.29 is 4.39 Å². The fraction of sp³-hybridized carbons (Fsp3) is 0.667. The zero-order chi connectivity index (χ0) is 15.1. The molecule has 2 atom stereocenters. The van der Waals surface area contributed by atoms with Gasteiger partial charge in [-0.2, -0.15) is 0 Å². The third-order valence-corrected chi connectivity index (χ3v) is 5.39. The number of nitrogens with one attached hydrogen (secondary N) is 1. The Morgan fingerprint density at radius 1 is 1.19 bits per heavy atom. The Labute approximate surface area is 136 Å². The summed E-state index contributed by atoms with van der Waals surface area (Å²) in [4.78, 5) is 0. The monoisotopic (exact) mass is 355 g/mol. The molecule has 1 nitrogen and oxygen atoms in total. The van der Waals surface area contributed by atoms with Crippen molar-refractivity contribution in [3.63, 3.8) is 0 Å². The molecule has 3 heteroatoms. The molecule has 0 saturated heterocycles. The van der Waals surface area contributed by atoms with E-state index in [2.05, 4.69) is 28.2 Å². The molecule has 0 heterocycles. The highest BCUT2D eigenvalue weighted by atomic mass is 79.9. The molecule has 1 aromatic rings. The van der Waals surface area contributed by atoms with Gasteiger partial charge in [0, 0.05) is 4.47 Å². The van der Waals surface area contributed by atoms with Gasteiger partial charge >= 0.3 is 0 Å². The van der Waals surface area contributed by atoms with Crippen molar-refractivity contribution in [2.24, 2.45) is 11.8 Å². The van der Waals surface area contributed by atoms with E-state index in [1.807, 2.05) is 6.07 Å². The number of halogens is 2. The maximum absolute atomic E-state index is 13.2. The Bertz CT molecular complexity index is 435. The van der Waals surface area contributed by atoms with Crippen LogP contribution in [0.4, 0.5) is 4.39 Å². The van der Waals surface area contributed by atoms with Gasteiger partial charge in [0.2, 0.25) is 0 Å². The number of hydrogen-bond donors (Lipinski definition) is 1. The first-order chi connectivity index (χ1) is 10.2. The van der Waals surface area contributed by atoms with Gasteiger partial charge in [0.05, 0.1) is 0 Å². The van der Waals surface area contributed by atoms with E-state index in [1.165, 1.54) is 44.1 Å². The zero-order valence-corrected chi connectivity index (χ0v) is 14.6. The first-order valence-corrected chi connectivity index (χ1v) is 9.14. The van der Waals surface area contributed by atoms with E-state index in [0.29, 0.717) is 0 Å². The standard InChI is InChI=1S/C18H27BrFN/c1-2-10-21-13-16-7-5-3-4-6-14(16)11-15-8-9-17(20)12-18(15)19/h8-9,12,14,16,21H,2-7,10-11,13H2,1H3. The summed E-state index contributed by atoms with van der Waals surface area (Å²) in [5.74, 6) is 1.32. The molecule has 118 valence electrons. The number of rotatable bonds is 6. The highest BCUT2D eigenvalue weighted by molar-refractivity contribution is 9.10.